The van der Waals surface area contributed by atoms with Gasteiger partial charge in [-0.15, -0.1) is 0 Å². The van der Waals surface area contributed by atoms with Gasteiger partial charge >= 0.3 is 0 Å². The molecule has 2 fully saturated rings. The van der Waals surface area contributed by atoms with Gasteiger partial charge in [0.25, 0.3) is 0 Å². The molecule has 1 unspecified atom stereocenters. The molecule has 2 saturated heterocycles. The summed E-state index contributed by atoms with van der Waals surface area (Å²) in [5.74, 6) is 0.725. The van der Waals surface area contributed by atoms with Crippen LogP contribution in [0.5, 0.6) is 0 Å². The van der Waals surface area contributed by atoms with Crippen molar-refractivity contribution in [2.24, 2.45) is 5.92 Å². The molecule has 5 heteroatoms. The summed E-state index contributed by atoms with van der Waals surface area (Å²) in [6.07, 6.45) is 2.37. The molecule has 0 aromatic rings. The van der Waals surface area contributed by atoms with Crippen LogP contribution in [0.1, 0.15) is 12.8 Å². The molecular formula is C12H23N3O2. The van der Waals surface area contributed by atoms with E-state index in [2.05, 4.69) is 22.6 Å². The van der Waals surface area contributed by atoms with Crippen LogP contribution in [0.2, 0.25) is 0 Å². The Kier molecular flexibility index (Phi) is 4.76. The zero-order valence-corrected chi connectivity index (χ0v) is 10.6. The van der Waals surface area contributed by atoms with Crippen molar-refractivity contribution in [2.75, 3.05) is 46.4 Å². The van der Waals surface area contributed by atoms with Crippen molar-refractivity contribution in [3.8, 4) is 0 Å². The van der Waals surface area contributed by atoms with Crippen molar-refractivity contribution in [3.05, 3.63) is 0 Å². The molecule has 2 rings (SSSR count). The van der Waals surface area contributed by atoms with E-state index in [4.69, 9.17) is 4.74 Å². The van der Waals surface area contributed by atoms with Crippen LogP contribution in [0.3, 0.4) is 0 Å². The molecule has 2 aliphatic rings. The maximum atomic E-state index is 11.8. The first-order valence-corrected chi connectivity index (χ1v) is 6.53. The van der Waals surface area contributed by atoms with Crippen molar-refractivity contribution in [2.45, 2.75) is 18.9 Å². The predicted molar refractivity (Wildman–Crippen MR) is 65.8 cm³/mol. The highest BCUT2D eigenvalue weighted by atomic mass is 16.5. The zero-order valence-electron chi connectivity index (χ0n) is 10.6. The second-order valence-corrected chi connectivity index (χ2v) is 5.07. The van der Waals surface area contributed by atoms with E-state index < -0.39 is 0 Å². The fraction of sp³-hybridized carbons (Fsp3) is 0.917. The number of piperidine rings is 1. The lowest BCUT2D eigenvalue weighted by molar-refractivity contribution is -0.126. The molecule has 0 aliphatic carbocycles. The Morgan fingerprint density at radius 3 is 2.88 bits per heavy atom. The van der Waals surface area contributed by atoms with Gasteiger partial charge in [0.05, 0.1) is 13.2 Å². The number of nitrogens with zero attached hydrogens (tertiary/aromatic N) is 1. The molecule has 98 valence electrons. The van der Waals surface area contributed by atoms with Gasteiger partial charge in [0.2, 0.25) is 5.91 Å². The third-order valence-electron chi connectivity index (χ3n) is 3.64. The van der Waals surface area contributed by atoms with E-state index in [0.717, 1.165) is 26.2 Å². The first kappa shape index (κ1) is 12.8. The second-order valence-electron chi connectivity index (χ2n) is 5.07. The number of likely N-dealkylation sites (tertiary alicyclic amines) is 1. The van der Waals surface area contributed by atoms with Crippen LogP contribution in [0.15, 0.2) is 0 Å². The maximum absolute atomic E-state index is 11.8. The lowest BCUT2D eigenvalue weighted by Gasteiger charge is -2.30. The smallest absolute Gasteiger partial charge is 0.239 e. The van der Waals surface area contributed by atoms with Crippen LogP contribution in [0.25, 0.3) is 0 Å². The van der Waals surface area contributed by atoms with Crippen LogP contribution >= 0.6 is 0 Å². The minimum Gasteiger partial charge on any atom is -0.378 e. The third kappa shape index (κ3) is 3.94. The number of hydrogen-bond acceptors (Lipinski definition) is 4. The summed E-state index contributed by atoms with van der Waals surface area (Å²) in [5.41, 5.74) is 0. The van der Waals surface area contributed by atoms with E-state index in [1.54, 1.807) is 0 Å². The Morgan fingerprint density at radius 2 is 2.24 bits per heavy atom. The Morgan fingerprint density at radius 1 is 1.47 bits per heavy atom. The third-order valence-corrected chi connectivity index (χ3v) is 3.64. The Bertz CT molecular complexity index is 246. The van der Waals surface area contributed by atoms with Gasteiger partial charge in [-0.2, -0.15) is 0 Å². The SMILES string of the molecule is CN1CCC(CNC(=O)C2COCCN2)CC1. The van der Waals surface area contributed by atoms with Gasteiger partial charge in [-0.05, 0) is 38.9 Å². The number of carbonyl (C=O) groups excluding carboxylic acids is 1. The molecule has 0 aromatic heterocycles. The summed E-state index contributed by atoms with van der Waals surface area (Å²) in [5, 5.41) is 6.21. The second kappa shape index (κ2) is 6.33. The van der Waals surface area contributed by atoms with Crippen molar-refractivity contribution in [1.82, 2.24) is 15.5 Å². The zero-order chi connectivity index (χ0) is 12.1. The number of ether oxygens (including phenoxy) is 1. The number of morpholine rings is 1. The van der Waals surface area contributed by atoms with Gasteiger partial charge in [0.1, 0.15) is 6.04 Å². The number of nitrogens with one attached hydrogen (secondary N) is 2. The first-order chi connectivity index (χ1) is 8.25. The molecule has 0 aromatic carbocycles. The van der Waals surface area contributed by atoms with E-state index >= 15 is 0 Å². The first-order valence-electron chi connectivity index (χ1n) is 6.53. The molecule has 0 bridgehead atoms. The van der Waals surface area contributed by atoms with Gasteiger partial charge in [0, 0.05) is 13.1 Å². The van der Waals surface area contributed by atoms with Gasteiger partial charge in [0.15, 0.2) is 0 Å². The van der Waals surface area contributed by atoms with E-state index in [1.165, 1.54) is 12.8 Å². The van der Waals surface area contributed by atoms with Crippen LogP contribution in [-0.4, -0.2) is 63.3 Å². The molecule has 2 N–H and O–H groups in total. The molecule has 0 saturated carbocycles. The molecule has 1 amide bonds. The fourth-order valence-corrected chi connectivity index (χ4v) is 2.37. The van der Waals surface area contributed by atoms with Gasteiger partial charge in [-0.1, -0.05) is 0 Å². The Hall–Kier alpha value is -0.650. The summed E-state index contributed by atoms with van der Waals surface area (Å²) in [6.45, 7) is 5.08. The van der Waals surface area contributed by atoms with E-state index in [-0.39, 0.29) is 11.9 Å². The summed E-state index contributed by atoms with van der Waals surface area (Å²) >= 11 is 0. The van der Waals surface area contributed by atoms with Gasteiger partial charge < -0.3 is 20.3 Å². The lowest BCUT2D eigenvalue weighted by atomic mass is 9.97. The monoisotopic (exact) mass is 241 g/mol. The lowest BCUT2D eigenvalue weighted by Crippen LogP contribution is -2.52. The standard InChI is InChI=1S/C12H23N3O2/c1-15-5-2-10(3-6-15)8-14-12(16)11-9-17-7-4-13-11/h10-11,13H,2-9H2,1H3,(H,14,16). The Balaban J connectivity index is 1.65. The molecule has 2 heterocycles. The average Bonchev–Trinajstić information content (AvgIpc) is 2.39. The number of carbonyl (C=O) groups is 1. The fourth-order valence-electron chi connectivity index (χ4n) is 2.37. The van der Waals surface area contributed by atoms with Crippen LogP contribution in [0.4, 0.5) is 0 Å². The number of rotatable bonds is 3. The summed E-state index contributed by atoms with van der Waals surface area (Å²) < 4.78 is 5.28. The van der Waals surface area contributed by atoms with E-state index in [9.17, 15) is 4.79 Å². The van der Waals surface area contributed by atoms with Crippen LogP contribution in [0, 0.1) is 5.92 Å². The highest BCUT2D eigenvalue weighted by Crippen LogP contribution is 2.14. The topological polar surface area (TPSA) is 53.6 Å². The predicted octanol–water partition coefficient (Wildman–Crippen LogP) is -0.567. The van der Waals surface area contributed by atoms with Gasteiger partial charge in [-0.25, -0.2) is 0 Å². The van der Waals surface area contributed by atoms with Gasteiger partial charge in [-0.3, -0.25) is 4.79 Å². The molecular weight excluding hydrogens is 218 g/mol. The molecule has 17 heavy (non-hydrogen) atoms. The van der Waals surface area contributed by atoms with E-state index in [1.807, 2.05) is 0 Å². The molecule has 0 spiro atoms. The van der Waals surface area contributed by atoms with Crippen LogP contribution in [-0.2, 0) is 9.53 Å². The average molecular weight is 241 g/mol. The van der Waals surface area contributed by atoms with Crippen molar-refractivity contribution < 1.29 is 9.53 Å². The highest BCUT2D eigenvalue weighted by Gasteiger charge is 2.22. The molecule has 1 atom stereocenters. The molecule has 5 nitrogen and oxygen atoms in total. The summed E-state index contributed by atoms with van der Waals surface area (Å²) in [7, 11) is 2.15. The minimum absolute atomic E-state index is 0.0867. The molecule has 0 radical (unpaired) electrons. The van der Waals surface area contributed by atoms with Crippen LogP contribution < -0.4 is 10.6 Å². The number of amides is 1. The maximum Gasteiger partial charge on any atom is 0.239 e. The number of hydrogen-bond donors (Lipinski definition) is 2. The highest BCUT2D eigenvalue weighted by molar-refractivity contribution is 5.81. The largest absolute Gasteiger partial charge is 0.378 e. The minimum atomic E-state index is -0.157. The quantitative estimate of drug-likeness (QED) is 0.695. The normalized spacial score (nSPS) is 27.9. The summed E-state index contributed by atoms with van der Waals surface area (Å²) in [6, 6.07) is -0.157. The Labute approximate surface area is 103 Å². The van der Waals surface area contributed by atoms with Crippen molar-refractivity contribution in [1.29, 1.82) is 0 Å². The summed E-state index contributed by atoms with van der Waals surface area (Å²) in [4.78, 5) is 14.2. The molecule has 2 aliphatic heterocycles. The van der Waals surface area contributed by atoms with Crippen molar-refractivity contribution >= 4 is 5.91 Å². The van der Waals surface area contributed by atoms with E-state index in [0.29, 0.717) is 19.1 Å². The van der Waals surface area contributed by atoms with Crippen molar-refractivity contribution in [3.63, 3.8) is 0 Å².